The van der Waals surface area contributed by atoms with Crippen LogP contribution in [0.2, 0.25) is 0 Å². The summed E-state index contributed by atoms with van der Waals surface area (Å²) >= 11 is 0. The van der Waals surface area contributed by atoms with Crippen LogP contribution in [0.1, 0.15) is 39.5 Å². The zero-order valence-electron chi connectivity index (χ0n) is 9.89. The van der Waals surface area contributed by atoms with Gasteiger partial charge in [-0.3, -0.25) is 0 Å². The highest BCUT2D eigenvalue weighted by molar-refractivity contribution is 5.45. The third-order valence-electron chi connectivity index (χ3n) is 2.69. The largest absolute Gasteiger partial charge is 0.380 e. The van der Waals surface area contributed by atoms with Crippen LogP contribution in [0, 0.1) is 11.6 Å². The predicted molar refractivity (Wildman–Crippen MR) is 63.6 cm³/mol. The van der Waals surface area contributed by atoms with Gasteiger partial charge in [-0.25, -0.2) is 8.78 Å². The van der Waals surface area contributed by atoms with Gasteiger partial charge in [-0.2, -0.15) is 0 Å². The van der Waals surface area contributed by atoms with Gasteiger partial charge in [0.1, 0.15) is 11.6 Å². The third-order valence-corrected chi connectivity index (χ3v) is 2.69. The molecule has 16 heavy (non-hydrogen) atoms. The van der Waals surface area contributed by atoms with Crippen LogP contribution in [0.5, 0.6) is 0 Å². The smallest absolute Gasteiger partial charge is 0.146 e. The van der Waals surface area contributed by atoms with Gasteiger partial charge in [0.05, 0.1) is 5.69 Å². The fourth-order valence-electron chi connectivity index (χ4n) is 1.66. The molecule has 1 N–H and O–H groups in total. The number of unbranched alkanes of at least 4 members (excludes halogenated alkanes) is 1. The first kappa shape index (κ1) is 12.9. The summed E-state index contributed by atoms with van der Waals surface area (Å²) in [5.41, 5.74) is 0.267. The van der Waals surface area contributed by atoms with E-state index in [-0.39, 0.29) is 11.7 Å². The Morgan fingerprint density at radius 2 is 2.00 bits per heavy atom. The van der Waals surface area contributed by atoms with E-state index >= 15 is 0 Å². The first-order chi connectivity index (χ1) is 7.67. The summed E-state index contributed by atoms with van der Waals surface area (Å²) in [5, 5.41) is 3.06. The van der Waals surface area contributed by atoms with Crippen LogP contribution in [0.25, 0.3) is 0 Å². The van der Waals surface area contributed by atoms with Crippen LogP contribution < -0.4 is 5.32 Å². The van der Waals surface area contributed by atoms with Crippen LogP contribution in [0.4, 0.5) is 14.5 Å². The summed E-state index contributed by atoms with van der Waals surface area (Å²) < 4.78 is 26.3. The Labute approximate surface area is 95.9 Å². The molecule has 1 unspecified atom stereocenters. The van der Waals surface area contributed by atoms with Crippen molar-refractivity contribution in [1.82, 2.24) is 0 Å². The molecule has 0 saturated carbocycles. The molecule has 1 rings (SSSR count). The lowest BCUT2D eigenvalue weighted by Crippen LogP contribution is -2.19. The van der Waals surface area contributed by atoms with E-state index in [1.807, 2.05) is 6.92 Å². The zero-order chi connectivity index (χ0) is 12.0. The molecule has 0 bridgehead atoms. The maximum absolute atomic E-state index is 13.4. The quantitative estimate of drug-likeness (QED) is 0.762. The molecule has 1 nitrogen and oxygen atoms in total. The lowest BCUT2D eigenvalue weighted by Gasteiger charge is -2.18. The molecule has 90 valence electrons. The number of hydrogen-bond acceptors (Lipinski definition) is 1. The van der Waals surface area contributed by atoms with Gasteiger partial charge in [-0.05, 0) is 31.0 Å². The molecule has 0 aliphatic rings. The number of anilines is 1. The van der Waals surface area contributed by atoms with Crippen LogP contribution in [-0.2, 0) is 0 Å². The van der Waals surface area contributed by atoms with Gasteiger partial charge in [0.2, 0.25) is 0 Å². The number of benzene rings is 1. The van der Waals surface area contributed by atoms with Gasteiger partial charge in [0.15, 0.2) is 0 Å². The molecule has 0 aliphatic carbocycles. The van der Waals surface area contributed by atoms with Crippen LogP contribution in [-0.4, -0.2) is 6.04 Å². The van der Waals surface area contributed by atoms with Crippen molar-refractivity contribution < 1.29 is 8.78 Å². The summed E-state index contributed by atoms with van der Waals surface area (Å²) in [6.45, 7) is 4.17. The molecular formula is C13H19F2N. The maximum atomic E-state index is 13.4. The molecule has 1 aromatic rings. The van der Waals surface area contributed by atoms with Gasteiger partial charge in [0.25, 0.3) is 0 Å². The predicted octanol–water partition coefficient (Wildman–Crippen LogP) is 4.35. The highest BCUT2D eigenvalue weighted by Gasteiger charge is 2.09. The van der Waals surface area contributed by atoms with Gasteiger partial charge >= 0.3 is 0 Å². The van der Waals surface area contributed by atoms with E-state index in [9.17, 15) is 8.78 Å². The second-order valence-electron chi connectivity index (χ2n) is 4.02. The van der Waals surface area contributed by atoms with E-state index in [1.54, 1.807) is 0 Å². The van der Waals surface area contributed by atoms with Crippen molar-refractivity contribution in [2.75, 3.05) is 5.32 Å². The van der Waals surface area contributed by atoms with E-state index < -0.39 is 11.6 Å². The van der Waals surface area contributed by atoms with Crippen LogP contribution >= 0.6 is 0 Å². The minimum absolute atomic E-state index is 0.219. The Hall–Kier alpha value is -1.12. The zero-order valence-corrected chi connectivity index (χ0v) is 9.89. The topological polar surface area (TPSA) is 12.0 Å². The number of nitrogens with one attached hydrogen (secondary N) is 1. The van der Waals surface area contributed by atoms with Crippen molar-refractivity contribution in [3.05, 3.63) is 29.8 Å². The monoisotopic (exact) mass is 227 g/mol. The fourth-order valence-corrected chi connectivity index (χ4v) is 1.66. The average Bonchev–Trinajstić information content (AvgIpc) is 2.28. The first-order valence-corrected chi connectivity index (χ1v) is 5.89. The highest BCUT2D eigenvalue weighted by Crippen LogP contribution is 2.18. The van der Waals surface area contributed by atoms with Crippen molar-refractivity contribution in [1.29, 1.82) is 0 Å². The summed E-state index contributed by atoms with van der Waals surface area (Å²) in [5.74, 6) is -0.800. The molecule has 0 aromatic heterocycles. The van der Waals surface area contributed by atoms with Crippen LogP contribution in [0.15, 0.2) is 18.2 Å². The van der Waals surface area contributed by atoms with Crippen LogP contribution in [0.3, 0.4) is 0 Å². The standard InChI is InChI=1S/C13H19F2N/c1-3-5-6-11(4-2)16-13-9-10(14)7-8-12(13)15/h7-9,11,16H,3-6H2,1-2H3. The molecule has 0 spiro atoms. The minimum atomic E-state index is -0.408. The SMILES string of the molecule is CCCCC(CC)Nc1cc(F)ccc1F. The molecule has 0 radical (unpaired) electrons. The second-order valence-corrected chi connectivity index (χ2v) is 4.02. The Kier molecular flexibility index (Phi) is 5.23. The van der Waals surface area contributed by atoms with E-state index in [1.165, 1.54) is 6.07 Å². The van der Waals surface area contributed by atoms with Gasteiger partial charge in [-0.15, -0.1) is 0 Å². The molecule has 0 saturated heterocycles. The van der Waals surface area contributed by atoms with Crippen molar-refractivity contribution >= 4 is 5.69 Å². The number of rotatable bonds is 6. The number of hydrogen-bond donors (Lipinski definition) is 1. The molecule has 1 aromatic carbocycles. The highest BCUT2D eigenvalue weighted by atomic mass is 19.1. The maximum Gasteiger partial charge on any atom is 0.146 e. The molecule has 1 atom stereocenters. The normalized spacial score (nSPS) is 12.5. The third kappa shape index (κ3) is 3.80. The summed E-state index contributed by atoms with van der Waals surface area (Å²) in [4.78, 5) is 0. The lowest BCUT2D eigenvalue weighted by molar-refractivity contribution is 0.574. The number of halogens is 2. The summed E-state index contributed by atoms with van der Waals surface area (Å²) in [6.07, 6.45) is 4.12. The van der Waals surface area contributed by atoms with E-state index in [0.29, 0.717) is 0 Å². The van der Waals surface area contributed by atoms with Crippen molar-refractivity contribution in [2.24, 2.45) is 0 Å². The summed E-state index contributed by atoms with van der Waals surface area (Å²) in [6, 6.07) is 3.72. The lowest BCUT2D eigenvalue weighted by atomic mass is 10.1. The average molecular weight is 227 g/mol. The van der Waals surface area contributed by atoms with E-state index in [0.717, 1.165) is 37.8 Å². The summed E-state index contributed by atoms with van der Waals surface area (Å²) in [7, 11) is 0. The molecule has 0 aliphatic heterocycles. The Morgan fingerprint density at radius 1 is 1.25 bits per heavy atom. The Morgan fingerprint density at radius 3 is 2.62 bits per heavy atom. The van der Waals surface area contributed by atoms with E-state index in [2.05, 4.69) is 12.2 Å². The minimum Gasteiger partial charge on any atom is -0.380 e. The molecule has 0 heterocycles. The van der Waals surface area contributed by atoms with Crippen molar-refractivity contribution in [2.45, 2.75) is 45.6 Å². The fraction of sp³-hybridized carbons (Fsp3) is 0.538. The van der Waals surface area contributed by atoms with E-state index in [4.69, 9.17) is 0 Å². The Balaban J connectivity index is 2.65. The van der Waals surface area contributed by atoms with Gasteiger partial charge < -0.3 is 5.32 Å². The first-order valence-electron chi connectivity index (χ1n) is 5.89. The Bertz CT molecular complexity index is 326. The van der Waals surface area contributed by atoms with Crippen molar-refractivity contribution in [3.63, 3.8) is 0 Å². The second kappa shape index (κ2) is 6.46. The van der Waals surface area contributed by atoms with Gasteiger partial charge in [0, 0.05) is 6.04 Å². The van der Waals surface area contributed by atoms with Gasteiger partial charge in [-0.1, -0.05) is 26.7 Å². The molecule has 0 amide bonds. The van der Waals surface area contributed by atoms with Crippen molar-refractivity contribution in [3.8, 4) is 0 Å². The molecular weight excluding hydrogens is 208 g/mol. The molecule has 3 heteroatoms. The molecule has 0 fully saturated rings.